The summed E-state index contributed by atoms with van der Waals surface area (Å²) in [6, 6.07) is 61.3. The molecule has 0 unspecified atom stereocenters. The molecule has 5 heterocycles. The molecule has 0 saturated heterocycles. The van der Waals surface area contributed by atoms with Gasteiger partial charge in [0, 0.05) is 68.1 Å². The monoisotopic (exact) mass is 895 g/mol. The number of rotatable bonds is 2. The van der Waals surface area contributed by atoms with Crippen LogP contribution in [-0.4, -0.2) is 11.3 Å². The average Bonchev–Trinajstić information content (AvgIpc) is 4.06. The van der Waals surface area contributed by atoms with E-state index in [-0.39, 0.29) is 17.5 Å². The summed E-state index contributed by atoms with van der Waals surface area (Å²) < 4.78 is 22.2. The SMILES string of the molecule is CC(C)(C)c1ccc(-c2cc3c4c(c2)Oc2cc(-n5c6ccccc6c6cc7c(cc65)-c5ccccc5C7(C)C)c5c(sc6ccccc65)c2B4c2cc4c(cc2O3)sc2ccccc24)cc1. The number of fused-ring (bicyclic) bond motifs is 17. The first-order chi connectivity index (χ1) is 32.6. The van der Waals surface area contributed by atoms with Crippen molar-refractivity contribution in [2.24, 2.45) is 0 Å². The molecule has 9 aromatic carbocycles. The number of nitrogens with zero attached hydrogens (tertiary/aromatic N) is 1. The molecule has 0 saturated carbocycles. The molecule has 0 amide bonds. The molecular formula is C61H42BNO2S2. The van der Waals surface area contributed by atoms with E-state index in [0.29, 0.717) is 0 Å². The maximum absolute atomic E-state index is 7.45. The molecule has 6 heteroatoms. The van der Waals surface area contributed by atoms with Crippen molar-refractivity contribution in [2.45, 2.75) is 45.4 Å². The normalized spacial score (nSPS) is 14.4. The standard InChI is InChI=1S/C61H42BNO2S2/c1-60(2,3)35-24-22-33(23-25-35)34-26-50-57-51(27-34)65-52-31-48(63-46-19-11-7-15-37(46)41-28-44-40(30-47(41)63)36-14-6-10-18-43(36)61(44,4)5)56-39-17-9-13-21-54(39)67-59(56)58(52)62(57)45-29-42-38-16-8-12-20-53(38)66-55(42)32-49(45)64-50/h6-32H,1-5H3. The van der Waals surface area contributed by atoms with E-state index in [0.717, 1.165) is 45.3 Å². The van der Waals surface area contributed by atoms with Gasteiger partial charge in [0.15, 0.2) is 0 Å². The first-order valence-electron chi connectivity index (χ1n) is 23.3. The lowest BCUT2D eigenvalue weighted by Crippen LogP contribution is -2.57. The highest BCUT2D eigenvalue weighted by Gasteiger charge is 2.44. The minimum Gasteiger partial charge on any atom is -0.458 e. The van der Waals surface area contributed by atoms with Gasteiger partial charge in [-0.3, -0.25) is 0 Å². The van der Waals surface area contributed by atoms with E-state index in [9.17, 15) is 0 Å². The van der Waals surface area contributed by atoms with Crippen LogP contribution in [0.5, 0.6) is 23.0 Å². The number of hydrogen-bond acceptors (Lipinski definition) is 4. The second-order valence-electron chi connectivity index (χ2n) is 20.4. The van der Waals surface area contributed by atoms with Gasteiger partial charge in [-0.2, -0.15) is 0 Å². The van der Waals surface area contributed by atoms with Crippen LogP contribution in [0.1, 0.15) is 51.3 Å². The van der Waals surface area contributed by atoms with Crippen LogP contribution in [0.3, 0.4) is 0 Å². The van der Waals surface area contributed by atoms with Gasteiger partial charge in [-0.15, -0.1) is 22.7 Å². The number of ether oxygens (including phenoxy) is 2. The zero-order valence-electron chi connectivity index (χ0n) is 37.7. The summed E-state index contributed by atoms with van der Waals surface area (Å²) in [6.45, 7) is 11.4. The van der Waals surface area contributed by atoms with Crippen LogP contribution in [0.2, 0.25) is 0 Å². The topological polar surface area (TPSA) is 23.4 Å². The van der Waals surface area contributed by atoms with Gasteiger partial charge in [0.25, 0.3) is 6.71 Å². The van der Waals surface area contributed by atoms with Crippen LogP contribution in [0.15, 0.2) is 164 Å². The first kappa shape index (κ1) is 38.0. The predicted octanol–water partition coefficient (Wildman–Crippen LogP) is 15.5. The average molecular weight is 896 g/mol. The molecule has 15 rings (SSSR count). The van der Waals surface area contributed by atoms with Gasteiger partial charge in [-0.1, -0.05) is 144 Å². The van der Waals surface area contributed by atoms with Crippen molar-refractivity contribution in [3.63, 3.8) is 0 Å². The lowest BCUT2D eigenvalue weighted by molar-refractivity contribution is 0.465. The van der Waals surface area contributed by atoms with Gasteiger partial charge in [0.1, 0.15) is 23.0 Å². The third-order valence-corrected chi connectivity index (χ3v) is 17.6. The largest absolute Gasteiger partial charge is 0.458 e. The lowest BCUT2D eigenvalue weighted by atomic mass is 9.34. The van der Waals surface area contributed by atoms with Gasteiger partial charge in [0.2, 0.25) is 0 Å². The smallest absolute Gasteiger partial charge is 0.262 e. The Morgan fingerprint density at radius 1 is 0.493 bits per heavy atom. The van der Waals surface area contributed by atoms with E-state index in [2.05, 4.69) is 203 Å². The molecule has 3 nitrogen and oxygen atoms in total. The number of para-hydroxylation sites is 1. The summed E-state index contributed by atoms with van der Waals surface area (Å²) in [4.78, 5) is 0. The molecule has 0 N–H and O–H groups in total. The summed E-state index contributed by atoms with van der Waals surface area (Å²) in [6.07, 6.45) is 0. The number of aromatic nitrogens is 1. The van der Waals surface area contributed by atoms with Crippen molar-refractivity contribution in [1.82, 2.24) is 4.57 Å². The van der Waals surface area contributed by atoms with Gasteiger partial charge in [-0.25, -0.2) is 0 Å². The van der Waals surface area contributed by atoms with Crippen LogP contribution in [0, 0.1) is 0 Å². The van der Waals surface area contributed by atoms with E-state index in [4.69, 9.17) is 9.47 Å². The number of hydrogen-bond donors (Lipinski definition) is 0. The van der Waals surface area contributed by atoms with Crippen molar-refractivity contribution in [3.05, 3.63) is 180 Å². The Morgan fingerprint density at radius 2 is 1.16 bits per heavy atom. The summed E-state index contributed by atoms with van der Waals surface area (Å²) in [5.41, 5.74) is 15.9. The molecule has 0 atom stereocenters. The number of thiophene rings is 2. The lowest BCUT2D eigenvalue weighted by Gasteiger charge is -2.34. The zero-order valence-corrected chi connectivity index (χ0v) is 39.4. The molecule has 0 radical (unpaired) electrons. The third-order valence-electron chi connectivity index (χ3n) is 15.3. The Labute approximate surface area is 396 Å². The van der Waals surface area contributed by atoms with Gasteiger partial charge in [-0.05, 0) is 104 Å². The Balaban J connectivity index is 1.04. The first-order valence-corrected chi connectivity index (χ1v) is 25.0. The summed E-state index contributed by atoms with van der Waals surface area (Å²) in [5.74, 6) is 3.50. The Kier molecular flexibility index (Phi) is 7.42. The van der Waals surface area contributed by atoms with Crippen LogP contribution in [0.25, 0.3) is 90.1 Å². The van der Waals surface area contributed by atoms with E-state index in [1.165, 1.54) is 101 Å². The van der Waals surface area contributed by atoms with Crippen molar-refractivity contribution in [2.75, 3.05) is 0 Å². The number of benzene rings is 9. The van der Waals surface area contributed by atoms with Gasteiger partial charge in [0.05, 0.1) is 16.7 Å². The fraction of sp³-hybridized carbons (Fsp3) is 0.115. The maximum Gasteiger partial charge on any atom is 0.262 e. The Bertz CT molecular complexity index is 4180. The van der Waals surface area contributed by atoms with Gasteiger partial charge < -0.3 is 14.0 Å². The molecule has 67 heavy (non-hydrogen) atoms. The second-order valence-corrected chi connectivity index (χ2v) is 22.5. The van der Waals surface area contributed by atoms with Crippen LogP contribution < -0.4 is 25.9 Å². The van der Waals surface area contributed by atoms with E-state index < -0.39 is 0 Å². The molecule has 2 aliphatic heterocycles. The van der Waals surface area contributed by atoms with E-state index >= 15 is 0 Å². The van der Waals surface area contributed by atoms with Crippen molar-refractivity contribution >= 4 is 108 Å². The van der Waals surface area contributed by atoms with Crippen LogP contribution >= 0.6 is 22.7 Å². The summed E-state index contributed by atoms with van der Waals surface area (Å²) in [7, 11) is 0. The van der Waals surface area contributed by atoms with Crippen LogP contribution in [0.4, 0.5) is 0 Å². The van der Waals surface area contributed by atoms with Crippen molar-refractivity contribution in [3.8, 4) is 50.9 Å². The molecule has 318 valence electrons. The summed E-state index contributed by atoms with van der Waals surface area (Å²) >= 11 is 3.72. The zero-order chi connectivity index (χ0) is 44.7. The van der Waals surface area contributed by atoms with E-state index in [1.807, 2.05) is 22.7 Å². The fourth-order valence-electron chi connectivity index (χ4n) is 12.0. The Hall–Kier alpha value is -7.12. The Morgan fingerprint density at radius 3 is 1.96 bits per heavy atom. The third kappa shape index (κ3) is 5.12. The minimum absolute atomic E-state index is 0.0539. The minimum atomic E-state index is -0.123. The predicted molar refractivity (Wildman–Crippen MR) is 286 cm³/mol. The molecule has 0 spiro atoms. The molecule has 1 aliphatic carbocycles. The van der Waals surface area contributed by atoms with Crippen LogP contribution in [-0.2, 0) is 10.8 Å². The molecule has 3 aliphatic rings. The fourth-order valence-corrected chi connectivity index (χ4v) is 14.4. The molecular weight excluding hydrogens is 854 g/mol. The molecule has 12 aromatic rings. The second kappa shape index (κ2) is 13.1. The quantitative estimate of drug-likeness (QED) is 0.161. The highest BCUT2D eigenvalue weighted by Crippen LogP contribution is 2.52. The summed E-state index contributed by atoms with van der Waals surface area (Å²) in [5, 5.41) is 7.57. The van der Waals surface area contributed by atoms with Crippen molar-refractivity contribution in [1.29, 1.82) is 0 Å². The van der Waals surface area contributed by atoms with Gasteiger partial charge >= 0.3 is 0 Å². The maximum atomic E-state index is 7.45. The highest BCUT2D eigenvalue weighted by molar-refractivity contribution is 7.28. The molecule has 0 bridgehead atoms. The highest BCUT2D eigenvalue weighted by atomic mass is 32.1. The molecule has 0 fully saturated rings. The van der Waals surface area contributed by atoms with E-state index in [1.54, 1.807) is 0 Å². The molecule has 3 aromatic heterocycles. The van der Waals surface area contributed by atoms with Crippen molar-refractivity contribution < 1.29 is 9.47 Å².